The lowest BCUT2D eigenvalue weighted by molar-refractivity contribution is -0.384. The number of hydrogen-bond donors (Lipinski definition) is 2. The van der Waals surface area contributed by atoms with E-state index in [2.05, 4.69) is 0 Å². The summed E-state index contributed by atoms with van der Waals surface area (Å²) >= 11 is 6.03. The predicted octanol–water partition coefficient (Wildman–Crippen LogP) is 3.15. The Morgan fingerprint density at radius 1 is 1.23 bits per heavy atom. The van der Waals surface area contributed by atoms with Crippen LogP contribution in [-0.2, 0) is 0 Å². The van der Waals surface area contributed by atoms with Gasteiger partial charge in [0.2, 0.25) is 5.75 Å². The molecule has 0 aliphatic rings. The quantitative estimate of drug-likeness (QED) is 0.387. The number of carbonyl (C=O) groups excluding carboxylic acids is 1. The average molecular weight is 324 g/mol. The summed E-state index contributed by atoms with van der Waals surface area (Å²) in [4.78, 5) is 21.5. The Morgan fingerprint density at radius 3 is 2.45 bits per heavy atom. The molecule has 0 atom stereocenters. The molecule has 0 saturated heterocycles. The number of hydrogen-bond acceptors (Lipinski definition) is 6. The fraction of sp³-hybridized carbons (Fsp3) is 0.0714. The van der Waals surface area contributed by atoms with Crippen molar-refractivity contribution >= 4 is 23.6 Å². The van der Waals surface area contributed by atoms with Crippen molar-refractivity contribution in [2.45, 2.75) is 0 Å². The molecule has 0 aromatic heterocycles. The minimum atomic E-state index is -0.688. The summed E-state index contributed by atoms with van der Waals surface area (Å²) < 4.78 is 4.90. The third-order valence-electron chi connectivity index (χ3n) is 3.07. The van der Waals surface area contributed by atoms with Crippen LogP contribution in [0.4, 0.5) is 5.69 Å². The highest BCUT2D eigenvalue weighted by atomic mass is 35.5. The van der Waals surface area contributed by atoms with Gasteiger partial charge in [0.25, 0.3) is 5.69 Å². The Balaban J connectivity index is 2.82. The molecule has 2 rings (SSSR count). The number of aromatic hydroxyl groups is 2. The Hall–Kier alpha value is -2.80. The van der Waals surface area contributed by atoms with Crippen LogP contribution >= 0.6 is 11.6 Å². The van der Waals surface area contributed by atoms with E-state index in [9.17, 15) is 25.1 Å². The number of nitro benzene ring substituents is 1. The van der Waals surface area contributed by atoms with Crippen LogP contribution in [0.3, 0.4) is 0 Å². The Morgan fingerprint density at radius 2 is 1.91 bits per heavy atom. The Labute approximate surface area is 129 Å². The topological polar surface area (TPSA) is 110 Å². The summed E-state index contributed by atoms with van der Waals surface area (Å²) in [6.07, 6.45) is 0.318. The third kappa shape index (κ3) is 2.53. The molecule has 0 saturated carbocycles. The SMILES string of the molecule is COc1cc(-c2cc([N+](=O)[O-])ccc2Cl)c(C=O)c(O)c1O. The first-order valence-corrected chi connectivity index (χ1v) is 6.31. The Kier molecular flexibility index (Phi) is 4.18. The lowest BCUT2D eigenvalue weighted by atomic mass is 9.98. The lowest BCUT2D eigenvalue weighted by Crippen LogP contribution is -1.95. The molecule has 0 aliphatic heterocycles. The summed E-state index contributed by atoms with van der Waals surface area (Å²) in [6, 6.07) is 4.95. The van der Waals surface area contributed by atoms with E-state index in [1.54, 1.807) is 0 Å². The van der Waals surface area contributed by atoms with Gasteiger partial charge in [0, 0.05) is 28.3 Å². The van der Waals surface area contributed by atoms with Gasteiger partial charge in [-0.2, -0.15) is 0 Å². The minimum Gasteiger partial charge on any atom is -0.504 e. The fourth-order valence-corrected chi connectivity index (χ4v) is 2.20. The molecule has 2 aromatic carbocycles. The van der Waals surface area contributed by atoms with Crippen LogP contribution in [0.1, 0.15) is 10.4 Å². The summed E-state index contributed by atoms with van der Waals surface area (Å²) in [5.41, 5.74) is -0.217. The highest BCUT2D eigenvalue weighted by Gasteiger charge is 2.21. The number of halogens is 1. The van der Waals surface area contributed by atoms with E-state index in [1.165, 1.54) is 31.4 Å². The van der Waals surface area contributed by atoms with E-state index in [1.807, 2.05) is 0 Å². The zero-order chi connectivity index (χ0) is 16.4. The third-order valence-corrected chi connectivity index (χ3v) is 3.40. The van der Waals surface area contributed by atoms with Crippen molar-refractivity contribution in [2.75, 3.05) is 7.11 Å². The summed E-state index contributed by atoms with van der Waals surface area (Å²) in [7, 11) is 1.26. The number of ether oxygens (including phenoxy) is 1. The molecule has 0 radical (unpaired) electrons. The molecule has 7 nitrogen and oxygen atoms in total. The second-order valence-corrected chi connectivity index (χ2v) is 4.68. The summed E-state index contributed by atoms with van der Waals surface area (Å²) in [5, 5.41) is 30.6. The molecule has 0 spiro atoms. The molecule has 8 heteroatoms. The van der Waals surface area contributed by atoms with Crippen molar-refractivity contribution in [2.24, 2.45) is 0 Å². The van der Waals surface area contributed by atoms with Crippen molar-refractivity contribution in [3.63, 3.8) is 0 Å². The molecular formula is C14H10ClNO6. The molecule has 2 aromatic rings. The average Bonchev–Trinajstić information content (AvgIpc) is 2.50. The lowest BCUT2D eigenvalue weighted by Gasteiger charge is -2.13. The zero-order valence-corrected chi connectivity index (χ0v) is 12.0. The molecule has 0 unspecified atom stereocenters. The number of carbonyl (C=O) groups is 1. The highest BCUT2D eigenvalue weighted by molar-refractivity contribution is 6.33. The fourth-order valence-electron chi connectivity index (χ4n) is 1.98. The van der Waals surface area contributed by atoms with Crippen molar-refractivity contribution in [3.05, 3.63) is 45.0 Å². The minimum absolute atomic E-state index is 0.0966. The molecule has 114 valence electrons. The van der Waals surface area contributed by atoms with Crippen molar-refractivity contribution in [1.82, 2.24) is 0 Å². The van der Waals surface area contributed by atoms with Crippen molar-refractivity contribution < 1.29 is 24.7 Å². The van der Waals surface area contributed by atoms with Gasteiger partial charge in [-0.3, -0.25) is 14.9 Å². The standard InChI is InChI=1S/C14H10ClNO6/c1-22-12-5-8(10(6-17)13(18)14(12)19)9-4-7(16(20)21)2-3-11(9)15/h2-6,18-19H,1H3. The van der Waals surface area contributed by atoms with Gasteiger partial charge < -0.3 is 14.9 Å². The van der Waals surface area contributed by atoms with E-state index >= 15 is 0 Å². The Bertz CT molecular complexity index is 774. The maximum atomic E-state index is 11.2. The summed E-state index contributed by atoms with van der Waals surface area (Å²) in [5.74, 6) is -1.39. The first-order valence-electron chi connectivity index (χ1n) is 5.93. The number of aldehydes is 1. The monoisotopic (exact) mass is 323 g/mol. The van der Waals surface area contributed by atoms with Gasteiger partial charge >= 0.3 is 0 Å². The van der Waals surface area contributed by atoms with Crippen LogP contribution in [0.2, 0.25) is 5.02 Å². The van der Waals surface area contributed by atoms with Gasteiger partial charge in [-0.15, -0.1) is 0 Å². The highest BCUT2D eigenvalue weighted by Crippen LogP contribution is 2.45. The zero-order valence-electron chi connectivity index (χ0n) is 11.2. The molecule has 0 fully saturated rings. The number of rotatable bonds is 4. The van der Waals surface area contributed by atoms with Crippen LogP contribution in [-0.4, -0.2) is 28.5 Å². The maximum absolute atomic E-state index is 11.2. The van der Waals surface area contributed by atoms with E-state index in [4.69, 9.17) is 16.3 Å². The van der Waals surface area contributed by atoms with Gasteiger partial charge in [0.1, 0.15) is 0 Å². The number of phenols is 2. The second-order valence-electron chi connectivity index (χ2n) is 4.28. The first-order chi connectivity index (χ1) is 10.4. The molecule has 0 amide bonds. The van der Waals surface area contributed by atoms with Gasteiger partial charge in [0.05, 0.1) is 17.6 Å². The van der Waals surface area contributed by atoms with E-state index in [0.717, 1.165) is 0 Å². The van der Waals surface area contributed by atoms with Gasteiger partial charge in [-0.1, -0.05) is 11.6 Å². The summed E-state index contributed by atoms with van der Waals surface area (Å²) in [6.45, 7) is 0. The van der Waals surface area contributed by atoms with Crippen LogP contribution in [0.15, 0.2) is 24.3 Å². The normalized spacial score (nSPS) is 10.3. The van der Waals surface area contributed by atoms with E-state index < -0.39 is 16.4 Å². The molecular weight excluding hydrogens is 314 g/mol. The van der Waals surface area contributed by atoms with Crippen LogP contribution in [0.25, 0.3) is 11.1 Å². The van der Waals surface area contributed by atoms with Gasteiger partial charge in [0.15, 0.2) is 17.8 Å². The first kappa shape index (κ1) is 15.6. The maximum Gasteiger partial charge on any atom is 0.270 e. The number of non-ortho nitro benzene ring substituents is 1. The molecule has 0 bridgehead atoms. The number of phenolic OH excluding ortho intramolecular Hbond substituents is 2. The van der Waals surface area contributed by atoms with Gasteiger partial charge in [-0.05, 0) is 12.1 Å². The van der Waals surface area contributed by atoms with Crippen LogP contribution < -0.4 is 4.74 Å². The van der Waals surface area contributed by atoms with E-state index in [0.29, 0.717) is 6.29 Å². The van der Waals surface area contributed by atoms with Crippen LogP contribution in [0.5, 0.6) is 17.2 Å². The second kappa shape index (κ2) is 5.90. The molecule has 22 heavy (non-hydrogen) atoms. The van der Waals surface area contributed by atoms with Crippen molar-refractivity contribution in [3.8, 4) is 28.4 Å². The number of nitrogens with zero attached hydrogens (tertiary/aromatic N) is 1. The van der Waals surface area contributed by atoms with Crippen LogP contribution in [0, 0.1) is 10.1 Å². The van der Waals surface area contributed by atoms with E-state index in [-0.39, 0.29) is 33.1 Å². The number of benzene rings is 2. The molecule has 2 N–H and O–H groups in total. The van der Waals surface area contributed by atoms with Gasteiger partial charge in [-0.25, -0.2) is 0 Å². The molecule has 0 heterocycles. The largest absolute Gasteiger partial charge is 0.504 e. The van der Waals surface area contributed by atoms with Crippen molar-refractivity contribution in [1.29, 1.82) is 0 Å². The number of methoxy groups -OCH3 is 1. The molecule has 0 aliphatic carbocycles. The number of nitro groups is 1. The predicted molar refractivity (Wildman–Crippen MR) is 78.8 cm³/mol. The smallest absolute Gasteiger partial charge is 0.270 e.